The molecule has 2 aromatic rings. The molecule has 2 aromatic carbocycles. The summed E-state index contributed by atoms with van der Waals surface area (Å²) >= 11 is 0. The van der Waals surface area contributed by atoms with Crippen molar-refractivity contribution >= 4 is 0 Å². The summed E-state index contributed by atoms with van der Waals surface area (Å²) in [4.78, 5) is 0. The van der Waals surface area contributed by atoms with E-state index in [-0.39, 0.29) is 5.82 Å². The Balaban J connectivity index is 1.81. The minimum Gasteiger partial charge on any atom is -0.306 e. The van der Waals surface area contributed by atoms with Gasteiger partial charge in [-0.15, -0.1) is 0 Å². The molecule has 0 saturated heterocycles. The molecular weight excluding hydrogens is 213 g/mol. The van der Waals surface area contributed by atoms with Crippen molar-refractivity contribution in [1.82, 2.24) is 5.32 Å². The Hall–Kier alpha value is -1.67. The molecule has 1 atom stereocenters. The molecule has 17 heavy (non-hydrogen) atoms. The lowest BCUT2D eigenvalue weighted by molar-refractivity contribution is 0.579. The van der Waals surface area contributed by atoms with E-state index >= 15 is 0 Å². The van der Waals surface area contributed by atoms with E-state index in [1.54, 1.807) is 0 Å². The molecule has 0 aliphatic carbocycles. The number of rotatable bonds is 2. The second kappa shape index (κ2) is 4.30. The van der Waals surface area contributed by atoms with Crippen molar-refractivity contribution in [3.05, 3.63) is 71.0 Å². The third-order valence-electron chi connectivity index (χ3n) is 3.32. The van der Waals surface area contributed by atoms with Gasteiger partial charge in [0.15, 0.2) is 0 Å². The average Bonchev–Trinajstić information content (AvgIpc) is 2.76. The number of nitrogens with one attached hydrogen (secondary N) is 1. The molecule has 1 N–H and O–H groups in total. The lowest BCUT2D eigenvalue weighted by atomic mass is 9.99. The molecule has 1 nitrogen and oxygen atoms in total. The molecular formula is C15H14FN. The maximum atomic E-state index is 12.8. The van der Waals surface area contributed by atoms with Crippen molar-refractivity contribution in [1.29, 1.82) is 0 Å². The van der Waals surface area contributed by atoms with Crippen molar-refractivity contribution in [2.24, 2.45) is 0 Å². The van der Waals surface area contributed by atoms with Gasteiger partial charge < -0.3 is 5.32 Å². The molecule has 1 aliphatic rings. The first kappa shape index (κ1) is 10.5. The van der Waals surface area contributed by atoms with E-state index in [9.17, 15) is 4.39 Å². The molecule has 2 heteroatoms. The standard InChI is InChI=1S/C15H14FN/c16-13-7-5-11(6-8-13)9-15-14-4-2-1-3-12(14)10-17-15/h1-8,15,17H,9-10H2. The van der Waals surface area contributed by atoms with Crippen LogP contribution in [0.25, 0.3) is 0 Å². The normalized spacial score (nSPS) is 18.1. The lowest BCUT2D eigenvalue weighted by Crippen LogP contribution is -2.14. The zero-order valence-electron chi connectivity index (χ0n) is 9.49. The first-order valence-electron chi connectivity index (χ1n) is 5.88. The van der Waals surface area contributed by atoms with Crippen LogP contribution >= 0.6 is 0 Å². The van der Waals surface area contributed by atoms with E-state index in [1.165, 1.54) is 28.8 Å². The largest absolute Gasteiger partial charge is 0.306 e. The molecule has 1 unspecified atom stereocenters. The van der Waals surface area contributed by atoms with Gasteiger partial charge in [0.2, 0.25) is 0 Å². The van der Waals surface area contributed by atoms with Crippen LogP contribution in [-0.2, 0) is 13.0 Å². The summed E-state index contributed by atoms with van der Waals surface area (Å²) in [6.45, 7) is 0.933. The summed E-state index contributed by atoms with van der Waals surface area (Å²) in [7, 11) is 0. The SMILES string of the molecule is Fc1ccc(CC2NCc3ccccc32)cc1. The Bertz CT molecular complexity index is 519. The van der Waals surface area contributed by atoms with Gasteiger partial charge in [-0.2, -0.15) is 0 Å². The quantitative estimate of drug-likeness (QED) is 0.830. The van der Waals surface area contributed by atoms with Crippen molar-refractivity contribution in [2.75, 3.05) is 0 Å². The van der Waals surface area contributed by atoms with Gasteiger partial charge in [-0.25, -0.2) is 4.39 Å². The number of hydrogen-bond donors (Lipinski definition) is 1. The summed E-state index contributed by atoms with van der Waals surface area (Å²) in [5, 5.41) is 3.49. The van der Waals surface area contributed by atoms with Gasteiger partial charge in [-0.3, -0.25) is 0 Å². The van der Waals surface area contributed by atoms with Crippen LogP contribution in [0.4, 0.5) is 4.39 Å². The zero-order chi connectivity index (χ0) is 11.7. The minimum absolute atomic E-state index is 0.173. The number of benzene rings is 2. The maximum Gasteiger partial charge on any atom is 0.123 e. The van der Waals surface area contributed by atoms with Gasteiger partial charge in [0.25, 0.3) is 0 Å². The van der Waals surface area contributed by atoms with Crippen LogP contribution in [0, 0.1) is 5.82 Å². The second-order valence-electron chi connectivity index (χ2n) is 4.46. The molecule has 0 amide bonds. The topological polar surface area (TPSA) is 12.0 Å². The van der Waals surface area contributed by atoms with Crippen LogP contribution in [0.15, 0.2) is 48.5 Å². The van der Waals surface area contributed by atoms with E-state index in [0.29, 0.717) is 6.04 Å². The van der Waals surface area contributed by atoms with Gasteiger partial charge in [0, 0.05) is 12.6 Å². The minimum atomic E-state index is -0.173. The highest BCUT2D eigenvalue weighted by molar-refractivity contribution is 5.35. The van der Waals surface area contributed by atoms with E-state index in [1.807, 2.05) is 12.1 Å². The molecule has 3 rings (SSSR count). The van der Waals surface area contributed by atoms with Crippen molar-refractivity contribution < 1.29 is 4.39 Å². The fourth-order valence-electron chi connectivity index (χ4n) is 2.42. The summed E-state index contributed by atoms with van der Waals surface area (Å²) < 4.78 is 12.8. The van der Waals surface area contributed by atoms with E-state index in [2.05, 4.69) is 29.6 Å². The van der Waals surface area contributed by atoms with Gasteiger partial charge in [-0.1, -0.05) is 36.4 Å². The summed E-state index contributed by atoms with van der Waals surface area (Å²) in [5.41, 5.74) is 3.91. The Morgan fingerprint density at radius 2 is 1.82 bits per heavy atom. The van der Waals surface area contributed by atoms with Crippen LogP contribution < -0.4 is 5.32 Å². The molecule has 0 radical (unpaired) electrons. The summed E-state index contributed by atoms with van der Waals surface area (Å²) in [6.07, 6.45) is 0.914. The van der Waals surface area contributed by atoms with Crippen LogP contribution in [0.5, 0.6) is 0 Å². The third-order valence-corrected chi connectivity index (χ3v) is 3.32. The molecule has 0 fully saturated rings. The second-order valence-corrected chi connectivity index (χ2v) is 4.46. The molecule has 0 bridgehead atoms. The fraction of sp³-hybridized carbons (Fsp3) is 0.200. The highest BCUT2D eigenvalue weighted by Crippen LogP contribution is 2.27. The Morgan fingerprint density at radius 1 is 1.06 bits per heavy atom. The maximum absolute atomic E-state index is 12.8. The van der Waals surface area contributed by atoms with Crippen molar-refractivity contribution in [3.63, 3.8) is 0 Å². The molecule has 86 valence electrons. The van der Waals surface area contributed by atoms with Crippen molar-refractivity contribution in [3.8, 4) is 0 Å². The highest BCUT2D eigenvalue weighted by Gasteiger charge is 2.20. The summed E-state index contributed by atoms with van der Waals surface area (Å²) in [6, 6.07) is 15.6. The number of fused-ring (bicyclic) bond motifs is 1. The van der Waals surface area contributed by atoms with Crippen LogP contribution in [0.3, 0.4) is 0 Å². The predicted molar refractivity (Wildman–Crippen MR) is 66.1 cm³/mol. The monoisotopic (exact) mass is 227 g/mol. The molecule has 0 aromatic heterocycles. The molecule has 1 aliphatic heterocycles. The molecule has 0 saturated carbocycles. The lowest BCUT2D eigenvalue weighted by Gasteiger charge is -2.12. The first-order valence-corrected chi connectivity index (χ1v) is 5.88. The van der Waals surface area contributed by atoms with E-state index in [4.69, 9.17) is 0 Å². The first-order chi connectivity index (χ1) is 8.33. The van der Waals surface area contributed by atoms with Gasteiger partial charge in [0.1, 0.15) is 5.82 Å². The third kappa shape index (κ3) is 2.08. The smallest absolute Gasteiger partial charge is 0.123 e. The van der Waals surface area contributed by atoms with E-state index in [0.717, 1.165) is 13.0 Å². The van der Waals surface area contributed by atoms with Gasteiger partial charge >= 0.3 is 0 Å². The fourth-order valence-corrected chi connectivity index (χ4v) is 2.42. The van der Waals surface area contributed by atoms with Gasteiger partial charge in [-0.05, 0) is 35.2 Å². The van der Waals surface area contributed by atoms with Gasteiger partial charge in [0.05, 0.1) is 0 Å². The average molecular weight is 227 g/mol. The van der Waals surface area contributed by atoms with Crippen molar-refractivity contribution in [2.45, 2.75) is 19.0 Å². The van der Waals surface area contributed by atoms with Crippen LogP contribution in [0.2, 0.25) is 0 Å². The molecule has 0 spiro atoms. The Kier molecular flexibility index (Phi) is 2.65. The predicted octanol–water partition coefficient (Wildman–Crippen LogP) is 3.21. The zero-order valence-corrected chi connectivity index (χ0v) is 9.49. The Labute approximate surface area is 100 Å². The number of hydrogen-bond acceptors (Lipinski definition) is 1. The Morgan fingerprint density at radius 3 is 2.65 bits per heavy atom. The van der Waals surface area contributed by atoms with E-state index < -0.39 is 0 Å². The number of halogens is 1. The van der Waals surface area contributed by atoms with Crippen LogP contribution in [0.1, 0.15) is 22.7 Å². The van der Waals surface area contributed by atoms with Crippen LogP contribution in [-0.4, -0.2) is 0 Å². The summed E-state index contributed by atoms with van der Waals surface area (Å²) in [5.74, 6) is -0.173. The highest BCUT2D eigenvalue weighted by atomic mass is 19.1. The molecule has 1 heterocycles.